The third-order valence-electron chi connectivity index (χ3n) is 4.05. The molecule has 0 spiro atoms. The second kappa shape index (κ2) is 8.34. The smallest absolute Gasteiger partial charge is 0.410 e. The first-order valence-corrected chi connectivity index (χ1v) is 8.53. The molecule has 4 heteroatoms. The van der Waals surface area contributed by atoms with Crippen molar-refractivity contribution < 1.29 is 14.3 Å². The van der Waals surface area contributed by atoms with Crippen LogP contribution in [0.5, 0.6) is 0 Å². The van der Waals surface area contributed by atoms with Crippen LogP contribution in [0.4, 0.5) is 4.79 Å². The molecule has 0 saturated carbocycles. The highest BCUT2D eigenvalue weighted by atomic mass is 16.6. The molecule has 1 aromatic rings. The van der Waals surface area contributed by atoms with Crippen molar-refractivity contribution in [3.63, 3.8) is 0 Å². The number of ether oxygens (including phenoxy) is 2. The second-order valence-corrected chi connectivity index (χ2v) is 7.24. The highest BCUT2D eigenvalue weighted by Crippen LogP contribution is 2.22. The van der Waals surface area contributed by atoms with E-state index in [9.17, 15) is 4.79 Å². The van der Waals surface area contributed by atoms with Crippen molar-refractivity contribution in [2.24, 2.45) is 5.92 Å². The van der Waals surface area contributed by atoms with Gasteiger partial charge in [-0.15, -0.1) is 0 Å². The first-order valence-electron chi connectivity index (χ1n) is 8.53. The number of carbonyl (C=O) groups is 1. The van der Waals surface area contributed by atoms with Gasteiger partial charge in [-0.05, 0) is 51.5 Å². The van der Waals surface area contributed by atoms with E-state index in [0.717, 1.165) is 39.0 Å². The van der Waals surface area contributed by atoms with Crippen LogP contribution in [0.25, 0.3) is 0 Å². The second-order valence-electron chi connectivity index (χ2n) is 7.24. The van der Waals surface area contributed by atoms with Crippen LogP contribution in [0.15, 0.2) is 30.3 Å². The van der Waals surface area contributed by atoms with Crippen molar-refractivity contribution in [1.29, 1.82) is 0 Å². The summed E-state index contributed by atoms with van der Waals surface area (Å²) in [5.74, 6) is 0.643. The lowest BCUT2D eigenvalue weighted by Crippen LogP contribution is -2.41. The van der Waals surface area contributed by atoms with Crippen molar-refractivity contribution in [2.45, 2.75) is 52.2 Å². The van der Waals surface area contributed by atoms with E-state index in [1.165, 1.54) is 5.56 Å². The molecule has 0 radical (unpaired) electrons. The Kier molecular flexibility index (Phi) is 6.46. The minimum Gasteiger partial charge on any atom is -0.444 e. The number of amides is 1. The molecule has 1 aliphatic heterocycles. The zero-order chi connectivity index (χ0) is 16.7. The molecule has 1 aromatic carbocycles. The molecule has 1 fully saturated rings. The lowest BCUT2D eigenvalue weighted by atomic mass is 9.94. The summed E-state index contributed by atoms with van der Waals surface area (Å²) < 4.78 is 11.2. The van der Waals surface area contributed by atoms with Crippen LogP contribution >= 0.6 is 0 Å². The zero-order valence-corrected chi connectivity index (χ0v) is 14.6. The van der Waals surface area contributed by atoms with Crippen LogP contribution < -0.4 is 0 Å². The van der Waals surface area contributed by atoms with Gasteiger partial charge in [0.05, 0.1) is 6.61 Å². The van der Waals surface area contributed by atoms with Gasteiger partial charge in [-0.3, -0.25) is 0 Å². The van der Waals surface area contributed by atoms with Crippen molar-refractivity contribution >= 4 is 6.09 Å². The predicted molar refractivity (Wildman–Crippen MR) is 91.2 cm³/mol. The van der Waals surface area contributed by atoms with Gasteiger partial charge >= 0.3 is 6.09 Å². The quantitative estimate of drug-likeness (QED) is 0.762. The minimum absolute atomic E-state index is 0.184. The van der Waals surface area contributed by atoms with Crippen LogP contribution in [-0.2, 0) is 16.1 Å². The maximum absolute atomic E-state index is 12.0. The molecule has 0 aliphatic carbocycles. The molecular formula is C19H29NO3. The van der Waals surface area contributed by atoms with Crippen LogP contribution in [0.3, 0.4) is 0 Å². The van der Waals surface area contributed by atoms with E-state index in [1.54, 1.807) is 0 Å². The monoisotopic (exact) mass is 319 g/mol. The van der Waals surface area contributed by atoms with Gasteiger partial charge in [-0.2, -0.15) is 0 Å². The van der Waals surface area contributed by atoms with E-state index in [4.69, 9.17) is 9.47 Å². The molecular weight excluding hydrogens is 290 g/mol. The Morgan fingerprint density at radius 1 is 1.17 bits per heavy atom. The molecule has 128 valence electrons. The number of benzene rings is 1. The molecule has 1 amide bonds. The standard InChI is InChI=1S/C19H29NO3/c1-19(2,3)23-18(21)20-12-9-16(10-13-20)11-14-22-15-17-7-5-4-6-8-17/h4-8,16H,9-15H2,1-3H3. The van der Waals surface area contributed by atoms with Gasteiger partial charge in [-0.25, -0.2) is 4.79 Å². The molecule has 0 aromatic heterocycles. The minimum atomic E-state index is -0.417. The van der Waals surface area contributed by atoms with E-state index < -0.39 is 5.60 Å². The lowest BCUT2D eigenvalue weighted by molar-refractivity contribution is 0.0164. The Bertz CT molecular complexity index is 473. The van der Waals surface area contributed by atoms with Crippen LogP contribution in [0, 0.1) is 5.92 Å². The number of carbonyl (C=O) groups excluding carboxylic acids is 1. The van der Waals surface area contributed by atoms with Crippen LogP contribution in [-0.4, -0.2) is 36.3 Å². The molecule has 0 N–H and O–H groups in total. The fourth-order valence-corrected chi connectivity index (χ4v) is 2.74. The maximum atomic E-state index is 12.0. The summed E-state index contributed by atoms with van der Waals surface area (Å²) in [6, 6.07) is 10.2. The molecule has 1 heterocycles. The number of likely N-dealkylation sites (tertiary alicyclic amines) is 1. The van der Waals surface area contributed by atoms with Crippen molar-refractivity contribution in [3.8, 4) is 0 Å². The third kappa shape index (κ3) is 6.61. The maximum Gasteiger partial charge on any atom is 0.410 e. The molecule has 1 aliphatic rings. The molecule has 0 bridgehead atoms. The van der Waals surface area contributed by atoms with E-state index in [-0.39, 0.29) is 6.09 Å². The van der Waals surface area contributed by atoms with Crippen molar-refractivity contribution in [2.75, 3.05) is 19.7 Å². The SMILES string of the molecule is CC(C)(C)OC(=O)N1CCC(CCOCc2ccccc2)CC1. The summed E-state index contributed by atoms with van der Waals surface area (Å²) in [6.07, 6.45) is 2.95. The Morgan fingerprint density at radius 2 is 1.83 bits per heavy atom. The predicted octanol–water partition coefficient (Wildman–Crippen LogP) is 4.24. The molecule has 1 saturated heterocycles. The fraction of sp³-hybridized carbons (Fsp3) is 0.632. The normalized spacial score (nSPS) is 16.4. The van der Waals surface area contributed by atoms with Crippen molar-refractivity contribution in [3.05, 3.63) is 35.9 Å². The van der Waals surface area contributed by atoms with Gasteiger partial charge in [0.25, 0.3) is 0 Å². The van der Waals surface area contributed by atoms with E-state index >= 15 is 0 Å². The summed E-state index contributed by atoms with van der Waals surface area (Å²) in [6.45, 7) is 8.76. The first-order chi connectivity index (χ1) is 10.9. The number of nitrogens with zero attached hydrogens (tertiary/aromatic N) is 1. The topological polar surface area (TPSA) is 38.8 Å². The van der Waals surface area contributed by atoms with E-state index in [1.807, 2.05) is 43.9 Å². The average molecular weight is 319 g/mol. The molecule has 23 heavy (non-hydrogen) atoms. The first kappa shape index (κ1) is 17.8. The van der Waals surface area contributed by atoms with Gasteiger partial charge in [0.1, 0.15) is 5.60 Å². The van der Waals surface area contributed by atoms with Gasteiger partial charge in [0.15, 0.2) is 0 Å². The molecule has 4 nitrogen and oxygen atoms in total. The molecule has 0 unspecified atom stereocenters. The third-order valence-corrected chi connectivity index (χ3v) is 4.05. The highest BCUT2D eigenvalue weighted by Gasteiger charge is 2.26. The zero-order valence-electron chi connectivity index (χ0n) is 14.6. The van der Waals surface area contributed by atoms with E-state index in [0.29, 0.717) is 12.5 Å². The fourth-order valence-electron chi connectivity index (χ4n) is 2.74. The highest BCUT2D eigenvalue weighted by molar-refractivity contribution is 5.68. The lowest BCUT2D eigenvalue weighted by Gasteiger charge is -2.33. The van der Waals surface area contributed by atoms with Gasteiger partial charge in [-0.1, -0.05) is 30.3 Å². The van der Waals surface area contributed by atoms with Crippen LogP contribution in [0.2, 0.25) is 0 Å². The summed E-state index contributed by atoms with van der Waals surface area (Å²) in [5, 5.41) is 0. The van der Waals surface area contributed by atoms with Crippen LogP contribution in [0.1, 0.15) is 45.6 Å². The number of hydrogen-bond donors (Lipinski definition) is 0. The number of hydrogen-bond acceptors (Lipinski definition) is 3. The summed E-state index contributed by atoms with van der Waals surface area (Å²) in [7, 11) is 0. The Labute approximate surface area is 139 Å². The summed E-state index contributed by atoms with van der Waals surface area (Å²) in [4.78, 5) is 13.8. The molecule has 2 rings (SSSR count). The Balaban J connectivity index is 1.60. The van der Waals surface area contributed by atoms with E-state index in [2.05, 4.69) is 12.1 Å². The molecule has 0 atom stereocenters. The Hall–Kier alpha value is -1.55. The summed E-state index contributed by atoms with van der Waals surface area (Å²) >= 11 is 0. The number of piperidine rings is 1. The van der Waals surface area contributed by atoms with Gasteiger partial charge in [0.2, 0.25) is 0 Å². The summed E-state index contributed by atoms with van der Waals surface area (Å²) in [5.41, 5.74) is 0.798. The number of rotatable bonds is 5. The average Bonchev–Trinajstić information content (AvgIpc) is 2.51. The largest absolute Gasteiger partial charge is 0.444 e. The van der Waals surface area contributed by atoms with Gasteiger partial charge < -0.3 is 14.4 Å². The van der Waals surface area contributed by atoms with Gasteiger partial charge in [0, 0.05) is 19.7 Å². The van der Waals surface area contributed by atoms with Crippen molar-refractivity contribution in [1.82, 2.24) is 4.90 Å². The Morgan fingerprint density at radius 3 is 2.43 bits per heavy atom.